The zero-order chi connectivity index (χ0) is 15.9. The van der Waals surface area contributed by atoms with Crippen LogP contribution in [0.2, 0.25) is 0 Å². The van der Waals surface area contributed by atoms with Gasteiger partial charge >= 0.3 is 0 Å². The van der Waals surface area contributed by atoms with Crippen molar-refractivity contribution in [3.8, 4) is 17.3 Å². The van der Waals surface area contributed by atoms with Crippen molar-refractivity contribution in [3.05, 3.63) is 72.3 Å². The van der Waals surface area contributed by atoms with E-state index in [9.17, 15) is 0 Å². The summed E-state index contributed by atoms with van der Waals surface area (Å²) in [4.78, 5) is 8.83. The number of hydrogen-bond donors (Lipinski definition) is 1. The first-order chi connectivity index (χ1) is 11.3. The first-order valence-electron chi connectivity index (χ1n) is 7.18. The van der Waals surface area contributed by atoms with Crippen molar-refractivity contribution in [1.29, 1.82) is 0 Å². The van der Waals surface area contributed by atoms with Crippen LogP contribution in [-0.2, 0) is 0 Å². The number of methoxy groups -OCH3 is 1. The van der Waals surface area contributed by atoms with Gasteiger partial charge in [0.1, 0.15) is 0 Å². The topological polar surface area (TPSA) is 59.4 Å². The normalized spacial score (nSPS) is 10.7. The highest BCUT2D eigenvalue weighted by molar-refractivity contribution is 5.79. The van der Waals surface area contributed by atoms with Gasteiger partial charge in [-0.1, -0.05) is 60.7 Å². The summed E-state index contributed by atoms with van der Waals surface area (Å²) in [6, 6.07) is 21.3. The van der Waals surface area contributed by atoms with Crippen LogP contribution in [0.15, 0.2) is 71.8 Å². The van der Waals surface area contributed by atoms with E-state index in [2.05, 4.69) is 20.5 Å². The summed E-state index contributed by atoms with van der Waals surface area (Å²) < 4.78 is 5.24. The molecule has 1 N–H and O–H groups in total. The number of hydrogen-bond acceptors (Lipinski definition) is 5. The van der Waals surface area contributed by atoms with Gasteiger partial charge in [-0.05, 0) is 5.56 Å². The standard InChI is InChI=1S/C18H16N4O/c1-23-17-12-16(22-19-13-14-8-4-2-5-9-14)20-18(21-17)15-10-6-3-7-11-15/h2-13H,1H3,(H,20,21,22)/b19-13+. The van der Waals surface area contributed by atoms with Crippen LogP contribution in [0.1, 0.15) is 5.56 Å². The van der Waals surface area contributed by atoms with E-state index >= 15 is 0 Å². The average Bonchev–Trinajstić information content (AvgIpc) is 2.63. The van der Waals surface area contributed by atoms with Crippen molar-refractivity contribution >= 4 is 12.0 Å². The highest BCUT2D eigenvalue weighted by Crippen LogP contribution is 2.21. The maximum absolute atomic E-state index is 5.24. The Hall–Kier alpha value is -3.21. The molecule has 114 valence electrons. The molecule has 0 amide bonds. The monoisotopic (exact) mass is 304 g/mol. The third-order valence-corrected chi connectivity index (χ3v) is 3.14. The van der Waals surface area contributed by atoms with Crippen LogP contribution >= 0.6 is 0 Å². The molecule has 0 radical (unpaired) electrons. The van der Waals surface area contributed by atoms with Gasteiger partial charge in [0.15, 0.2) is 11.6 Å². The Balaban J connectivity index is 1.83. The molecule has 0 unspecified atom stereocenters. The molecule has 0 aliphatic heterocycles. The molecule has 3 aromatic rings. The maximum atomic E-state index is 5.24. The molecule has 0 fully saturated rings. The van der Waals surface area contributed by atoms with Gasteiger partial charge in [0.05, 0.1) is 13.3 Å². The van der Waals surface area contributed by atoms with Gasteiger partial charge in [-0.15, -0.1) is 0 Å². The van der Waals surface area contributed by atoms with Crippen LogP contribution in [0.4, 0.5) is 5.82 Å². The van der Waals surface area contributed by atoms with Crippen LogP contribution in [0, 0.1) is 0 Å². The maximum Gasteiger partial charge on any atom is 0.218 e. The number of nitrogens with one attached hydrogen (secondary N) is 1. The summed E-state index contributed by atoms with van der Waals surface area (Å²) in [5.41, 5.74) is 4.84. The predicted molar refractivity (Wildman–Crippen MR) is 91.7 cm³/mol. The number of ether oxygens (including phenoxy) is 1. The van der Waals surface area contributed by atoms with Crippen LogP contribution in [-0.4, -0.2) is 23.3 Å². The van der Waals surface area contributed by atoms with Crippen LogP contribution < -0.4 is 10.2 Å². The van der Waals surface area contributed by atoms with Crippen LogP contribution in [0.25, 0.3) is 11.4 Å². The molecule has 23 heavy (non-hydrogen) atoms. The summed E-state index contributed by atoms with van der Waals surface area (Å²) in [6.07, 6.45) is 1.73. The smallest absolute Gasteiger partial charge is 0.218 e. The lowest BCUT2D eigenvalue weighted by Crippen LogP contribution is -1.99. The summed E-state index contributed by atoms with van der Waals surface area (Å²) in [5, 5.41) is 4.20. The van der Waals surface area contributed by atoms with E-state index in [1.54, 1.807) is 19.4 Å². The SMILES string of the molecule is COc1cc(N/N=C/c2ccccc2)nc(-c2ccccc2)n1. The van der Waals surface area contributed by atoms with Crippen molar-refractivity contribution in [2.24, 2.45) is 5.10 Å². The predicted octanol–water partition coefficient (Wildman–Crippen LogP) is 3.60. The summed E-state index contributed by atoms with van der Waals surface area (Å²) >= 11 is 0. The van der Waals surface area contributed by atoms with Gasteiger partial charge in [-0.25, -0.2) is 4.98 Å². The molecule has 0 atom stereocenters. The van der Waals surface area contributed by atoms with E-state index in [4.69, 9.17) is 4.74 Å². The zero-order valence-electron chi connectivity index (χ0n) is 12.7. The van der Waals surface area contributed by atoms with E-state index < -0.39 is 0 Å². The molecule has 0 saturated heterocycles. The van der Waals surface area contributed by atoms with Crippen molar-refractivity contribution in [3.63, 3.8) is 0 Å². The van der Waals surface area contributed by atoms with Crippen LogP contribution in [0.5, 0.6) is 5.88 Å². The molecule has 0 aliphatic carbocycles. The van der Waals surface area contributed by atoms with E-state index in [0.717, 1.165) is 11.1 Å². The molecular formula is C18H16N4O. The number of aromatic nitrogens is 2. The summed E-state index contributed by atoms with van der Waals surface area (Å²) in [5.74, 6) is 1.64. The highest BCUT2D eigenvalue weighted by Gasteiger charge is 2.06. The number of benzene rings is 2. The minimum atomic E-state index is 0.483. The first-order valence-corrected chi connectivity index (χ1v) is 7.18. The van der Waals surface area contributed by atoms with Crippen molar-refractivity contribution in [2.75, 3.05) is 12.5 Å². The Kier molecular flexibility index (Phi) is 4.59. The Morgan fingerprint density at radius 2 is 1.65 bits per heavy atom. The molecule has 0 bridgehead atoms. The second-order valence-corrected chi connectivity index (χ2v) is 4.77. The van der Waals surface area contributed by atoms with Gasteiger partial charge < -0.3 is 4.74 Å². The Morgan fingerprint density at radius 3 is 2.35 bits per heavy atom. The Labute approximate surface area is 134 Å². The number of rotatable bonds is 5. The van der Waals surface area contributed by atoms with E-state index in [-0.39, 0.29) is 0 Å². The van der Waals surface area contributed by atoms with Crippen LogP contribution in [0.3, 0.4) is 0 Å². The minimum absolute atomic E-state index is 0.483. The molecular weight excluding hydrogens is 288 g/mol. The molecule has 1 heterocycles. The second kappa shape index (κ2) is 7.17. The molecule has 0 spiro atoms. The van der Waals surface area contributed by atoms with E-state index in [1.165, 1.54) is 0 Å². The lowest BCUT2D eigenvalue weighted by atomic mass is 10.2. The van der Waals surface area contributed by atoms with Gasteiger partial charge in [-0.2, -0.15) is 10.1 Å². The van der Waals surface area contributed by atoms with Gasteiger partial charge in [0.25, 0.3) is 0 Å². The first kappa shape index (κ1) is 14.7. The second-order valence-electron chi connectivity index (χ2n) is 4.77. The van der Waals surface area contributed by atoms with Gasteiger partial charge in [-0.3, -0.25) is 5.43 Å². The Morgan fingerprint density at radius 1 is 0.957 bits per heavy atom. The molecule has 5 heteroatoms. The molecule has 5 nitrogen and oxygen atoms in total. The molecule has 1 aromatic heterocycles. The molecule has 3 rings (SSSR count). The quantitative estimate of drug-likeness (QED) is 0.578. The number of hydrazone groups is 1. The van der Waals surface area contributed by atoms with Crippen molar-refractivity contribution in [1.82, 2.24) is 9.97 Å². The minimum Gasteiger partial charge on any atom is -0.481 e. The largest absolute Gasteiger partial charge is 0.481 e. The lowest BCUT2D eigenvalue weighted by Gasteiger charge is -2.06. The third kappa shape index (κ3) is 3.91. The molecule has 2 aromatic carbocycles. The number of nitrogens with zero attached hydrogens (tertiary/aromatic N) is 3. The Bertz CT molecular complexity index is 789. The van der Waals surface area contributed by atoms with Gasteiger partial charge in [0, 0.05) is 11.6 Å². The average molecular weight is 304 g/mol. The molecule has 0 aliphatic rings. The van der Waals surface area contributed by atoms with Crippen molar-refractivity contribution < 1.29 is 4.74 Å². The fraction of sp³-hybridized carbons (Fsp3) is 0.0556. The van der Waals surface area contributed by atoms with Crippen molar-refractivity contribution in [2.45, 2.75) is 0 Å². The fourth-order valence-corrected chi connectivity index (χ4v) is 2.02. The van der Waals surface area contributed by atoms with E-state index in [1.807, 2.05) is 60.7 Å². The molecule has 0 saturated carbocycles. The third-order valence-electron chi connectivity index (χ3n) is 3.14. The van der Waals surface area contributed by atoms with Gasteiger partial charge in [0.2, 0.25) is 5.88 Å². The highest BCUT2D eigenvalue weighted by atomic mass is 16.5. The number of anilines is 1. The van der Waals surface area contributed by atoms with E-state index in [0.29, 0.717) is 17.5 Å². The summed E-state index contributed by atoms with van der Waals surface area (Å²) in [6.45, 7) is 0. The fourth-order valence-electron chi connectivity index (χ4n) is 2.02. The summed E-state index contributed by atoms with van der Waals surface area (Å²) in [7, 11) is 1.58. The lowest BCUT2D eigenvalue weighted by molar-refractivity contribution is 0.398. The zero-order valence-corrected chi connectivity index (χ0v) is 12.7.